The third kappa shape index (κ3) is 9.52. The molecule has 2 aromatic carbocycles. The van der Waals surface area contributed by atoms with Crippen LogP contribution in [0.2, 0.25) is 0 Å². The molecular weight excluding hydrogens is 296 g/mol. The number of hydrogen-bond donors (Lipinski definition) is 5. The van der Waals surface area contributed by atoms with Crippen LogP contribution in [0.3, 0.4) is 0 Å². The first-order valence-corrected chi connectivity index (χ1v) is 7.34. The van der Waals surface area contributed by atoms with Crippen LogP contribution in [0.25, 0.3) is 0 Å². The van der Waals surface area contributed by atoms with Crippen molar-refractivity contribution in [3.8, 4) is 11.5 Å². The van der Waals surface area contributed by atoms with Crippen LogP contribution in [0.4, 0.5) is 0 Å². The summed E-state index contributed by atoms with van der Waals surface area (Å²) in [4.78, 5) is 0. The van der Waals surface area contributed by atoms with Crippen molar-refractivity contribution in [2.24, 2.45) is 5.41 Å². The highest BCUT2D eigenvalue weighted by atomic mass is 16.3. The third-order valence-electron chi connectivity index (χ3n) is 3.27. The first-order chi connectivity index (χ1) is 11.0. The lowest BCUT2D eigenvalue weighted by molar-refractivity contribution is 0.00304. The van der Waals surface area contributed by atoms with Gasteiger partial charge in [0.25, 0.3) is 0 Å². The Labute approximate surface area is 137 Å². The lowest BCUT2D eigenvalue weighted by atomic mass is 9.88. The molecule has 0 amide bonds. The molecule has 0 unspecified atom stereocenters. The summed E-state index contributed by atoms with van der Waals surface area (Å²) in [6.07, 6.45) is 0.594. The van der Waals surface area contributed by atoms with E-state index >= 15 is 0 Å². The lowest BCUT2D eigenvalue weighted by Crippen LogP contribution is -2.32. The summed E-state index contributed by atoms with van der Waals surface area (Å²) < 4.78 is 0. The Morgan fingerprint density at radius 3 is 1.04 bits per heavy atom. The topological polar surface area (TPSA) is 101 Å². The van der Waals surface area contributed by atoms with E-state index in [-0.39, 0.29) is 19.8 Å². The normalized spacial score (nSPS) is 9.91. The van der Waals surface area contributed by atoms with Gasteiger partial charge in [-0.2, -0.15) is 0 Å². The Kier molecular flexibility index (Phi) is 11.3. The maximum Gasteiger partial charge on any atom is 0.115 e. The number of aromatic hydroxyl groups is 2. The average molecular weight is 322 g/mol. The van der Waals surface area contributed by atoms with Crippen molar-refractivity contribution >= 4 is 0 Å². The molecule has 0 aliphatic rings. The summed E-state index contributed by atoms with van der Waals surface area (Å²) in [5, 5.41) is 43.2. The highest BCUT2D eigenvalue weighted by molar-refractivity contribution is 5.19. The maximum atomic E-state index is 8.66. The summed E-state index contributed by atoms with van der Waals surface area (Å²) in [5.74, 6) is 0.644. The van der Waals surface area contributed by atoms with E-state index in [1.54, 1.807) is 48.5 Å². The molecule has 5 heteroatoms. The predicted octanol–water partition coefficient (Wildman–Crippen LogP) is 2.14. The van der Waals surface area contributed by atoms with Gasteiger partial charge in [0.1, 0.15) is 11.5 Å². The van der Waals surface area contributed by atoms with Gasteiger partial charge in [-0.1, -0.05) is 43.3 Å². The average Bonchev–Trinajstić information content (AvgIpc) is 2.60. The first kappa shape index (κ1) is 20.9. The molecule has 0 aliphatic heterocycles. The van der Waals surface area contributed by atoms with Crippen LogP contribution in [0.15, 0.2) is 60.7 Å². The Bertz CT molecular complexity index is 428. The smallest absolute Gasteiger partial charge is 0.115 e. The van der Waals surface area contributed by atoms with Crippen molar-refractivity contribution in [1.29, 1.82) is 0 Å². The summed E-state index contributed by atoms with van der Waals surface area (Å²) in [6, 6.07) is 17.4. The highest BCUT2D eigenvalue weighted by Gasteiger charge is 2.24. The molecule has 0 atom stereocenters. The van der Waals surface area contributed by atoms with Crippen LogP contribution in [0.5, 0.6) is 11.5 Å². The minimum Gasteiger partial charge on any atom is -0.508 e. The van der Waals surface area contributed by atoms with Crippen LogP contribution in [-0.2, 0) is 0 Å². The molecule has 128 valence electrons. The molecule has 0 radical (unpaired) electrons. The predicted molar refractivity (Wildman–Crippen MR) is 90.2 cm³/mol. The summed E-state index contributed by atoms with van der Waals surface area (Å²) >= 11 is 0. The Balaban J connectivity index is 0.000000318. The monoisotopic (exact) mass is 322 g/mol. The number of aliphatic hydroxyl groups excluding tert-OH is 3. The fourth-order valence-electron chi connectivity index (χ4n) is 1.34. The van der Waals surface area contributed by atoms with Crippen molar-refractivity contribution in [2.75, 3.05) is 19.8 Å². The third-order valence-corrected chi connectivity index (χ3v) is 3.27. The fourth-order valence-corrected chi connectivity index (χ4v) is 1.34. The molecule has 0 saturated heterocycles. The van der Waals surface area contributed by atoms with Crippen molar-refractivity contribution in [1.82, 2.24) is 0 Å². The minimum atomic E-state index is -0.667. The number of benzene rings is 2. The largest absolute Gasteiger partial charge is 0.508 e. The van der Waals surface area contributed by atoms with Crippen molar-refractivity contribution in [3.63, 3.8) is 0 Å². The Hall–Kier alpha value is -2.08. The quantitative estimate of drug-likeness (QED) is 0.594. The molecule has 2 rings (SSSR count). The van der Waals surface area contributed by atoms with Crippen LogP contribution < -0.4 is 0 Å². The molecule has 0 heterocycles. The fraction of sp³-hybridized carbons (Fsp3) is 0.333. The van der Waals surface area contributed by atoms with Gasteiger partial charge in [0.2, 0.25) is 0 Å². The Morgan fingerprint density at radius 2 is 0.957 bits per heavy atom. The van der Waals surface area contributed by atoms with Crippen LogP contribution in [0, 0.1) is 5.41 Å². The number of hydrogen-bond acceptors (Lipinski definition) is 5. The van der Waals surface area contributed by atoms with Gasteiger partial charge in [0.05, 0.1) is 19.8 Å². The number of aliphatic hydroxyl groups is 3. The highest BCUT2D eigenvalue weighted by Crippen LogP contribution is 2.18. The Morgan fingerprint density at radius 1 is 0.652 bits per heavy atom. The van der Waals surface area contributed by atoms with Crippen LogP contribution in [-0.4, -0.2) is 45.4 Å². The number of phenolic OH excluding ortho intramolecular Hbond substituents is 2. The van der Waals surface area contributed by atoms with E-state index in [1.807, 2.05) is 19.1 Å². The van der Waals surface area contributed by atoms with E-state index in [2.05, 4.69) is 0 Å². The first-order valence-electron chi connectivity index (χ1n) is 7.34. The van der Waals surface area contributed by atoms with Crippen molar-refractivity contribution < 1.29 is 25.5 Å². The van der Waals surface area contributed by atoms with Crippen molar-refractivity contribution in [2.45, 2.75) is 13.3 Å². The van der Waals surface area contributed by atoms with E-state index in [4.69, 9.17) is 25.5 Å². The minimum absolute atomic E-state index is 0.156. The van der Waals surface area contributed by atoms with E-state index in [0.717, 1.165) is 0 Å². The van der Waals surface area contributed by atoms with E-state index in [0.29, 0.717) is 17.9 Å². The zero-order valence-electron chi connectivity index (χ0n) is 13.3. The molecule has 2 aromatic rings. The molecule has 23 heavy (non-hydrogen) atoms. The molecule has 5 nitrogen and oxygen atoms in total. The summed E-state index contributed by atoms with van der Waals surface area (Å²) in [7, 11) is 0. The van der Waals surface area contributed by atoms with Crippen LogP contribution in [0.1, 0.15) is 13.3 Å². The van der Waals surface area contributed by atoms with Gasteiger partial charge < -0.3 is 25.5 Å². The second kappa shape index (κ2) is 12.5. The molecule has 5 N–H and O–H groups in total. The zero-order chi connectivity index (χ0) is 17.6. The number of para-hydroxylation sites is 2. The standard InChI is InChI=1S/C6H14O3.2C6H6O/c1-2-6(3-7,4-8)5-9;2*7-6-4-2-1-3-5-6/h7-9H,2-5H2,1H3;2*1-5,7H. The lowest BCUT2D eigenvalue weighted by Gasteiger charge is -2.24. The van der Waals surface area contributed by atoms with Crippen molar-refractivity contribution in [3.05, 3.63) is 60.7 Å². The van der Waals surface area contributed by atoms with Gasteiger partial charge in [-0.25, -0.2) is 0 Å². The number of rotatable bonds is 4. The molecule has 0 saturated carbocycles. The molecule has 0 aromatic heterocycles. The van der Waals surface area contributed by atoms with Gasteiger partial charge in [-0.15, -0.1) is 0 Å². The van der Waals surface area contributed by atoms with Gasteiger partial charge in [0.15, 0.2) is 0 Å². The van der Waals surface area contributed by atoms with Gasteiger partial charge in [-0.05, 0) is 30.7 Å². The summed E-state index contributed by atoms with van der Waals surface area (Å²) in [6.45, 7) is 1.35. The SMILES string of the molecule is CCC(CO)(CO)CO.Oc1ccccc1.Oc1ccccc1. The van der Waals surface area contributed by atoms with Gasteiger partial charge in [-0.3, -0.25) is 0 Å². The summed E-state index contributed by atoms with van der Waals surface area (Å²) in [5.41, 5.74) is -0.667. The second-order valence-corrected chi connectivity index (χ2v) is 5.00. The molecule has 0 aliphatic carbocycles. The van der Waals surface area contributed by atoms with E-state index in [9.17, 15) is 0 Å². The second-order valence-electron chi connectivity index (χ2n) is 5.00. The molecular formula is C18H26O5. The maximum absolute atomic E-state index is 8.66. The van der Waals surface area contributed by atoms with E-state index < -0.39 is 5.41 Å². The zero-order valence-corrected chi connectivity index (χ0v) is 13.3. The van der Waals surface area contributed by atoms with Gasteiger partial charge in [0, 0.05) is 5.41 Å². The van der Waals surface area contributed by atoms with E-state index in [1.165, 1.54) is 0 Å². The van der Waals surface area contributed by atoms with Crippen LogP contribution >= 0.6 is 0 Å². The molecule has 0 spiro atoms. The molecule has 0 fully saturated rings. The number of phenols is 2. The molecule has 0 bridgehead atoms. The van der Waals surface area contributed by atoms with Gasteiger partial charge >= 0.3 is 0 Å².